The SMILES string of the molecule is ClCc1cccc(N2CCC(N3CCCCC3)C2)n1. The lowest BCUT2D eigenvalue weighted by atomic mass is 10.1. The van der Waals surface area contributed by atoms with Crippen molar-refractivity contribution in [3.05, 3.63) is 23.9 Å². The van der Waals surface area contributed by atoms with Gasteiger partial charge in [-0.1, -0.05) is 12.5 Å². The van der Waals surface area contributed by atoms with Crippen molar-refractivity contribution in [2.45, 2.75) is 37.6 Å². The highest BCUT2D eigenvalue weighted by Gasteiger charge is 2.28. The third kappa shape index (κ3) is 3.03. The van der Waals surface area contributed by atoms with Crippen molar-refractivity contribution < 1.29 is 0 Å². The van der Waals surface area contributed by atoms with Crippen molar-refractivity contribution in [2.24, 2.45) is 0 Å². The summed E-state index contributed by atoms with van der Waals surface area (Å²) in [7, 11) is 0. The molecule has 0 saturated carbocycles. The van der Waals surface area contributed by atoms with E-state index in [0.717, 1.165) is 30.6 Å². The molecule has 2 saturated heterocycles. The zero-order valence-electron chi connectivity index (χ0n) is 11.4. The Morgan fingerprint density at radius 1 is 1.16 bits per heavy atom. The molecule has 2 aliphatic rings. The van der Waals surface area contributed by atoms with Crippen LogP contribution in [0.4, 0.5) is 5.82 Å². The van der Waals surface area contributed by atoms with Gasteiger partial charge in [0.25, 0.3) is 0 Å². The van der Waals surface area contributed by atoms with Gasteiger partial charge in [-0.2, -0.15) is 0 Å². The monoisotopic (exact) mass is 279 g/mol. The van der Waals surface area contributed by atoms with E-state index in [2.05, 4.69) is 26.9 Å². The topological polar surface area (TPSA) is 19.4 Å². The van der Waals surface area contributed by atoms with Crippen LogP contribution in [0.25, 0.3) is 0 Å². The summed E-state index contributed by atoms with van der Waals surface area (Å²) in [6, 6.07) is 6.89. The molecule has 3 heterocycles. The van der Waals surface area contributed by atoms with Crippen LogP contribution >= 0.6 is 11.6 Å². The zero-order chi connectivity index (χ0) is 13.1. The lowest BCUT2D eigenvalue weighted by Crippen LogP contribution is -2.40. The molecule has 0 aliphatic carbocycles. The van der Waals surface area contributed by atoms with Crippen molar-refractivity contribution in [1.82, 2.24) is 9.88 Å². The number of likely N-dealkylation sites (tertiary alicyclic amines) is 1. The Morgan fingerprint density at radius 2 is 2.00 bits per heavy atom. The second-order valence-electron chi connectivity index (χ2n) is 5.61. The first-order valence-electron chi connectivity index (χ1n) is 7.38. The van der Waals surface area contributed by atoms with Crippen molar-refractivity contribution in [3.63, 3.8) is 0 Å². The minimum Gasteiger partial charge on any atom is -0.355 e. The number of halogens is 1. The second-order valence-corrected chi connectivity index (χ2v) is 5.87. The molecule has 0 bridgehead atoms. The lowest BCUT2D eigenvalue weighted by molar-refractivity contribution is 0.175. The van der Waals surface area contributed by atoms with Gasteiger partial charge in [0.1, 0.15) is 5.82 Å². The van der Waals surface area contributed by atoms with Crippen LogP contribution in [0, 0.1) is 0 Å². The van der Waals surface area contributed by atoms with Gasteiger partial charge in [0.05, 0.1) is 11.6 Å². The average molecular weight is 280 g/mol. The molecule has 1 aromatic heterocycles. The lowest BCUT2D eigenvalue weighted by Gasteiger charge is -2.32. The molecular formula is C15H22ClN3. The zero-order valence-corrected chi connectivity index (χ0v) is 12.1. The number of aromatic nitrogens is 1. The van der Waals surface area contributed by atoms with E-state index < -0.39 is 0 Å². The molecule has 0 radical (unpaired) electrons. The highest BCUT2D eigenvalue weighted by molar-refractivity contribution is 6.16. The molecule has 3 nitrogen and oxygen atoms in total. The Kier molecular flexibility index (Phi) is 4.24. The number of alkyl halides is 1. The second kappa shape index (κ2) is 6.10. The predicted octanol–water partition coefficient (Wildman–Crippen LogP) is 2.89. The van der Waals surface area contributed by atoms with E-state index in [0.29, 0.717) is 5.88 Å². The Morgan fingerprint density at radius 3 is 2.79 bits per heavy atom. The number of hydrogen-bond acceptors (Lipinski definition) is 3. The van der Waals surface area contributed by atoms with Crippen molar-refractivity contribution in [3.8, 4) is 0 Å². The summed E-state index contributed by atoms with van der Waals surface area (Å²) in [5, 5.41) is 0. The van der Waals surface area contributed by atoms with Gasteiger partial charge in [-0.25, -0.2) is 4.98 Å². The molecule has 0 aromatic carbocycles. The molecular weight excluding hydrogens is 258 g/mol. The van der Waals surface area contributed by atoms with Gasteiger partial charge in [-0.15, -0.1) is 11.6 Å². The van der Waals surface area contributed by atoms with E-state index in [1.54, 1.807) is 0 Å². The molecule has 3 rings (SSSR count). The van der Waals surface area contributed by atoms with Gasteiger partial charge < -0.3 is 4.90 Å². The number of pyridine rings is 1. The van der Waals surface area contributed by atoms with Crippen LogP contribution in [0.2, 0.25) is 0 Å². The fraction of sp³-hybridized carbons (Fsp3) is 0.667. The third-order valence-corrected chi connectivity index (χ3v) is 4.60. The molecule has 4 heteroatoms. The Bertz CT molecular complexity index is 418. The molecule has 19 heavy (non-hydrogen) atoms. The van der Waals surface area contributed by atoms with Crippen LogP contribution in [-0.2, 0) is 5.88 Å². The minimum absolute atomic E-state index is 0.497. The fourth-order valence-electron chi connectivity index (χ4n) is 3.25. The van der Waals surface area contributed by atoms with Crippen molar-refractivity contribution >= 4 is 17.4 Å². The Balaban J connectivity index is 1.64. The van der Waals surface area contributed by atoms with Crippen LogP contribution in [0.3, 0.4) is 0 Å². The standard InChI is InChI=1S/C15H22ClN3/c16-11-13-5-4-6-15(17-13)19-10-7-14(12-19)18-8-2-1-3-9-18/h4-6,14H,1-3,7-12H2. The molecule has 1 unspecified atom stereocenters. The van der Waals surface area contributed by atoms with Crippen LogP contribution < -0.4 is 4.90 Å². The molecule has 0 N–H and O–H groups in total. The highest BCUT2D eigenvalue weighted by atomic mass is 35.5. The maximum absolute atomic E-state index is 5.87. The van der Waals surface area contributed by atoms with Crippen molar-refractivity contribution in [1.29, 1.82) is 0 Å². The van der Waals surface area contributed by atoms with E-state index in [1.165, 1.54) is 38.8 Å². The summed E-state index contributed by atoms with van der Waals surface area (Å²) < 4.78 is 0. The van der Waals surface area contributed by atoms with Crippen LogP contribution in [0.5, 0.6) is 0 Å². The quantitative estimate of drug-likeness (QED) is 0.793. The summed E-state index contributed by atoms with van der Waals surface area (Å²) in [5.41, 5.74) is 0.973. The third-order valence-electron chi connectivity index (χ3n) is 4.32. The Labute approximate surface area is 120 Å². The molecule has 104 valence electrons. The first kappa shape index (κ1) is 13.2. The van der Waals surface area contributed by atoms with E-state index in [4.69, 9.17) is 11.6 Å². The van der Waals surface area contributed by atoms with E-state index in [-0.39, 0.29) is 0 Å². The van der Waals surface area contributed by atoms with Crippen LogP contribution in [0.1, 0.15) is 31.4 Å². The summed E-state index contributed by atoms with van der Waals surface area (Å²) in [5.74, 6) is 1.59. The van der Waals surface area contributed by atoms with Crippen molar-refractivity contribution in [2.75, 3.05) is 31.1 Å². The number of piperidine rings is 1. The summed E-state index contributed by atoms with van der Waals surface area (Å²) in [4.78, 5) is 9.72. The van der Waals surface area contributed by atoms with Gasteiger partial charge in [0.2, 0.25) is 0 Å². The smallest absolute Gasteiger partial charge is 0.128 e. The summed E-state index contributed by atoms with van der Waals surface area (Å²) in [6.07, 6.45) is 5.42. The van der Waals surface area contributed by atoms with E-state index in [1.807, 2.05) is 6.07 Å². The largest absolute Gasteiger partial charge is 0.355 e. The van der Waals surface area contributed by atoms with Crippen LogP contribution in [-0.4, -0.2) is 42.1 Å². The van der Waals surface area contributed by atoms with Gasteiger partial charge >= 0.3 is 0 Å². The number of nitrogens with zero attached hydrogens (tertiary/aromatic N) is 3. The summed E-state index contributed by atoms with van der Waals surface area (Å²) in [6.45, 7) is 4.82. The molecule has 1 aromatic rings. The van der Waals surface area contributed by atoms with Crippen LogP contribution in [0.15, 0.2) is 18.2 Å². The number of hydrogen-bond donors (Lipinski definition) is 0. The maximum atomic E-state index is 5.87. The molecule has 2 aliphatic heterocycles. The van der Waals surface area contributed by atoms with Gasteiger partial charge in [-0.05, 0) is 44.5 Å². The molecule has 2 fully saturated rings. The first-order valence-corrected chi connectivity index (χ1v) is 7.91. The number of anilines is 1. The first-order chi connectivity index (χ1) is 9.36. The minimum atomic E-state index is 0.497. The van der Waals surface area contributed by atoms with Gasteiger partial charge in [0.15, 0.2) is 0 Å². The molecule has 0 spiro atoms. The summed E-state index contributed by atoms with van der Waals surface area (Å²) >= 11 is 5.87. The Hall–Kier alpha value is -0.800. The highest BCUT2D eigenvalue weighted by Crippen LogP contribution is 2.24. The average Bonchev–Trinajstić information content (AvgIpc) is 2.98. The van der Waals surface area contributed by atoms with Gasteiger partial charge in [-0.3, -0.25) is 4.90 Å². The van der Waals surface area contributed by atoms with E-state index >= 15 is 0 Å². The maximum Gasteiger partial charge on any atom is 0.128 e. The number of rotatable bonds is 3. The fourth-order valence-corrected chi connectivity index (χ4v) is 3.40. The molecule has 1 atom stereocenters. The van der Waals surface area contributed by atoms with E-state index in [9.17, 15) is 0 Å². The normalized spacial score (nSPS) is 24.9. The molecule has 0 amide bonds. The van der Waals surface area contributed by atoms with Gasteiger partial charge in [0, 0.05) is 19.1 Å². The predicted molar refractivity (Wildman–Crippen MR) is 79.8 cm³/mol.